The summed E-state index contributed by atoms with van der Waals surface area (Å²) in [6, 6.07) is 11.7. The summed E-state index contributed by atoms with van der Waals surface area (Å²) < 4.78 is 16.7. The van der Waals surface area contributed by atoms with E-state index < -0.39 is 0 Å². The first-order chi connectivity index (χ1) is 12.2. The number of methoxy groups -OCH3 is 2. The van der Waals surface area contributed by atoms with E-state index in [1.165, 1.54) is 0 Å². The van der Waals surface area contributed by atoms with Crippen molar-refractivity contribution in [1.82, 2.24) is 0 Å². The molecule has 1 aliphatic rings. The molecule has 5 nitrogen and oxygen atoms in total. The fourth-order valence-electron chi connectivity index (χ4n) is 3.18. The SMILES string of the molecule is CCCOc1ccccc1[C@@H]1CC(=O)Nc2cc(OC)c(OC)cc21. The van der Waals surface area contributed by atoms with Crippen LogP contribution in [-0.4, -0.2) is 26.7 Å². The Labute approximate surface area is 147 Å². The second kappa shape index (κ2) is 7.47. The molecule has 0 spiro atoms. The van der Waals surface area contributed by atoms with Crippen LogP contribution in [0, 0.1) is 0 Å². The second-order valence-electron chi connectivity index (χ2n) is 5.99. The zero-order chi connectivity index (χ0) is 17.8. The number of benzene rings is 2. The lowest BCUT2D eigenvalue weighted by molar-refractivity contribution is -0.116. The minimum absolute atomic E-state index is 0.0185. The van der Waals surface area contributed by atoms with Gasteiger partial charge >= 0.3 is 0 Å². The van der Waals surface area contributed by atoms with Gasteiger partial charge in [-0.05, 0) is 24.1 Å². The Morgan fingerprint density at radius 1 is 1.04 bits per heavy atom. The molecule has 5 heteroatoms. The van der Waals surface area contributed by atoms with Crippen molar-refractivity contribution in [2.24, 2.45) is 0 Å². The van der Waals surface area contributed by atoms with Crippen LogP contribution in [0.25, 0.3) is 0 Å². The molecule has 0 saturated carbocycles. The quantitative estimate of drug-likeness (QED) is 0.864. The van der Waals surface area contributed by atoms with Crippen molar-refractivity contribution >= 4 is 11.6 Å². The molecule has 1 N–H and O–H groups in total. The third-order valence-corrected chi connectivity index (χ3v) is 4.35. The highest BCUT2D eigenvalue weighted by Crippen LogP contribution is 2.45. The zero-order valence-electron chi connectivity index (χ0n) is 14.8. The topological polar surface area (TPSA) is 56.8 Å². The molecular weight excluding hydrogens is 318 g/mol. The lowest BCUT2D eigenvalue weighted by Crippen LogP contribution is -2.24. The minimum Gasteiger partial charge on any atom is -0.493 e. The van der Waals surface area contributed by atoms with E-state index in [1.54, 1.807) is 14.2 Å². The number of amides is 1. The van der Waals surface area contributed by atoms with Gasteiger partial charge in [0.15, 0.2) is 11.5 Å². The Morgan fingerprint density at radius 2 is 1.76 bits per heavy atom. The molecule has 3 rings (SSSR count). The third-order valence-electron chi connectivity index (χ3n) is 4.35. The zero-order valence-corrected chi connectivity index (χ0v) is 14.8. The predicted octanol–water partition coefficient (Wildman–Crippen LogP) is 3.97. The Morgan fingerprint density at radius 3 is 2.48 bits per heavy atom. The molecule has 132 valence electrons. The molecule has 2 aromatic rings. The molecule has 0 radical (unpaired) electrons. The summed E-state index contributed by atoms with van der Waals surface area (Å²) in [6.45, 7) is 2.72. The van der Waals surface area contributed by atoms with Crippen LogP contribution in [0.4, 0.5) is 5.69 Å². The van der Waals surface area contributed by atoms with Crippen LogP contribution in [0.15, 0.2) is 36.4 Å². The molecule has 2 aromatic carbocycles. The van der Waals surface area contributed by atoms with E-state index in [0.29, 0.717) is 24.5 Å². The van der Waals surface area contributed by atoms with E-state index >= 15 is 0 Å². The molecule has 25 heavy (non-hydrogen) atoms. The van der Waals surface area contributed by atoms with Gasteiger partial charge < -0.3 is 19.5 Å². The van der Waals surface area contributed by atoms with E-state index in [1.807, 2.05) is 36.4 Å². The maximum Gasteiger partial charge on any atom is 0.225 e. The molecule has 0 fully saturated rings. The molecular formula is C20H23NO4. The number of para-hydroxylation sites is 1. The normalized spacial score (nSPS) is 16.0. The Bertz CT molecular complexity index is 772. The van der Waals surface area contributed by atoms with Crippen LogP contribution >= 0.6 is 0 Å². The number of ether oxygens (including phenoxy) is 3. The summed E-state index contributed by atoms with van der Waals surface area (Å²) in [6.07, 6.45) is 1.30. The van der Waals surface area contributed by atoms with Gasteiger partial charge in [-0.15, -0.1) is 0 Å². The number of fused-ring (bicyclic) bond motifs is 1. The van der Waals surface area contributed by atoms with Gasteiger partial charge in [0.05, 0.1) is 20.8 Å². The van der Waals surface area contributed by atoms with E-state index in [2.05, 4.69) is 12.2 Å². The number of nitrogens with one attached hydrogen (secondary N) is 1. The van der Waals surface area contributed by atoms with Gasteiger partial charge in [0.2, 0.25) is 5.91 Å². The lowest BCUT2D eigenvalue weighted by atomic mass is 9.84. The van der Waals surface area contributed by atoms with Crippen molar-refractivity contribution in [3.63, 3.8) is 0 Å². The summed E-state index contributed by atoms with van der Waals surface area (Å²) in [5.41, 5.74) is 2.77. The average Bonchev–Trinajstić information content (AvgIpc) is 2.64. The van der Waals surface area contributed by atoms with E-state index in [4.69, 9.17) is 14.2 Å². The fraction of sp³-hybridized carbons (Fsp3) is 0.350. The van der Waals surface area contributed by atoms with Crippen molar-refractivity contribution in [3.05, 3.63) is 47.5 Å². The highest BCUT2D eigenvalue weighted by atomic mass is 16.5. The summed E-state index contributed by atoms with van der Waals surface area (Å²) in [4.78, 5) is 12.3. The van der Waals surface area contributed by atoms with Crippen LogP contribution in [0.5, 0.6) is 17.2 Å². The van der Waals surface area contributed by atoms with Gasteiger partial charge in [-0.3, -0.25) is 4.79 Å². The first kappa shape index (κ1) is 17.1. The van der Waals surface area contributed by atoms with Crippen LogP contribution in [0.3, 0.4) is 0 Å². The smallest absolute Gasteiger partial charge is 0.225 e. The molecule has 0 bridgehead atoms. The van der Waals surface area contributed by atoms with Gasteiger partial charge in [0, 0.05) is 29.7 Å². The molecule has 1 aliphatic heterocycles. The summed E-state index contributed by atoms with van der Waals surface area (Å²) in [5, 5.41) is 2.93. The van der Waals surface area contributed by atoms with Crippen LogP contribution in [0.2, 0.25) is 0 Å². The van der Waals surface area contributed by atoms with Gasteiger partial charge in [-0.2, -0.15) is 0 Å². The van der Waals surface area contributed by atoms with Crippen LogP contribution < -0.4 is 19.5 Å². The summed E-state index contributed by atoms with van der Waals surface area (Å²) in [7, 11) is 3.19. The minimum atomic E-state index is -0.0865. The maximum atomic E-state index is 12.3. The Kier molecular flexibility index (Phi) is 5.12. The molecule has 1 heterocycles. The highest BCUT2D eigenvalue weighted by molar-refractivity contribution is 5.96. The molecule has 1 atom stereocenters. The number of carbonyl (C=O) groups is 1. The maximum absolute atomic E-state index is 12.3. The van der Waals surface area contributed by atoms with Crippen molar-refractivity contribution in [1.29, 1.82) is 0 Å². The van der Waals surface area contributed by atoms with Crippen molar-refractivity contribution in [3.8, 4) is 17.2 Å². The van der Waals surface area contributed by atoms with Crippen molar-refractivity contribution < 1.29 is 19.0 Å². The Balaban J connectivity index is 2.09. The monoisotopic (exact) mass is 341 g/mol. The number of carbonyl (C=O) groups excluding carboxylic acids is 1. The van der Waals surface area contributed by atoms with Crippen molar-refractivity contribution in [2.45, 2.75) is 25.7 Å². The molecule has 1 amide bonds. The third kappa shape index (κ3) is 3.40. The fourth-order valence-corrected chi connectivity index (χ4v) is 3.18. The Hall–Kier alpha value is -2.69. The molecule has 0 aliphatic carbocycles. The average molecular weight is 341 g/mol. The summed E-state index contributed by atoms with van der Waals surface area (Å²) in [5.74, 6) is 1.96. The largest absolute Gasteiger partial charge is 0.493 e. The standard InChI is InChI=1S/C20H23NO4/c1-4-9-25-17-8-6-5-7-13(17)14-11-20(22)21-16-12-19(24-3)18(23-2)10-15(14)16/h5-8,10,12,14H,4,9,11H2,1-3H3,(H,21,22)/t14-/m0/s1. The van der Waals surface area contributed by atoms with Gasteiger partial charge in [-0.1, -0.05) is 25.1 Å². The van der Waals surface area contributed by atoms with E-state index in [9.17, 15) is 4.79 Å². The first-order valence-electron chi connectivity index (χ1n) is 8.45. The predicted molar refractivity (Wildman–Crippen MR) is 96.9 cm³/mol. The summed E-state index contributed by atoms with van der Waals surface area (Å²) >= 11 is 0. The first-order valence-corrected chi connectivity index (χ1v) is 8.45. The highest BCUT2D eigenvalue weighted by Gasteiger charge is 2.30. The van der Waals surface area contributed by atoms with Crippen LogP contribution in [0.1, 0.15) is 36.8 Å². The second-order valence-corrected chi connectivity index (χ2v) is 5.99. The lowest BCUT2D eigenvalue weighted by Gasteiger charge is -2.28. The van der Waals surface area contributed by atoms with E-state index in [0.717, 1.165) is 29.0 Å². The van der Waals surface area contributed by atoms with Gasteiger partial charge in [-0.25, -0.2) is 0 Å². The molecule has 0 aromatic heterocycles. The molecule has 0 saturated heterocycles. The number of hydrogen-bond acceptors (Lipinski definition) is 4. The van der Waals surface area contributed by atoms with Gasteiger partial charge in [0.1, 0.15) is 5.75 Å². The number of hydrogen-bond donors (Lipinski definition) is 1. The van der Waals surface area contributed by atoms with E-state index in [-0.39, 0.29) is 11.8 Å². The molecule has 0 unspecified atom stereocenters. The van der Waals surface area contributed by atoms with Gasteiger partial charge in [0.25, 0.3) is 0 Å². The van der Waals surface area contributed by atoms with Crippen LogP contribution in [-0.2, 0) is 4.79 Å². The number of anilines is 1. The number of rotatable bonds is 6. The van der Waals surface area contributed by atoms with Crippen molar-refractivity contribution in [2.75, 3.05) is 26.1 Å².